The summed E-state index contributed by atoms with van der Waals surface area (Å²) in [5, 5.41) is 43.3. The molecule has 6 heteroatoms. The maximum Gasteiger partial charge on any atom is 0.144 e. The highest BCUT2D eigenvalue weighted by Gasteiger charge is 2.25. The van der Waals surface area contributed by atoms with Gasteiger partial charge in [-0.25, -0.2) is 0 Å². The van der Waals surface area contributed by atoms with Gasteiger partial charge in [-0.2, -0.15) is 0 Å². The van der Waals surface area contributed by atoms with Gasteiger partial charge in [0.2, 0.25) is 0 Å². The molecule has 0 saturated carbocycles. The van der Waals surface area contributed by atoms with Gasteiger partial charge in [-0.1, -0.05) is 0 Å². The second kappa shape index (κ2) is 6.30. The van der Waals surface area contributed by atoms with Crippen LogP contribution in [-0.4, -0.2) is 63.9 Å². The second-order valence-corrected chi connectivity index (χ2v) is 2.26. The van der Waals surface area contributed by atoms with Crippen LogP contribution in [0, 0.1) is 0 Å². The smallest absolute Gasteiger partial charge is 0.144 e. The SMILES string of the molecule is OCO[C@H](CO)[C@@H](O)[C@H](O)CO. The lowest BCUT2D eigenvalue weighted by molar-refractivity contribution is -0.148. The largest absolute Gasteiger partial charge is 0.394 e. The van der Waals surface area contributed by atoms with Crippen molar-refractivity contribution in [3.05, 3.63) is 0 Å². The number of rotatable bonds is 6. The Morgan fingerprint density at radius 2 is 1.58 bits per heavy atom. The highest BCUT2D eigenvalue weighted by molar-refractivity contribution is 4.74. The molecule has 74 valence electrons. The van der Waals surface area contributed by atoms with Gasteiger partial charge in [0.1, 0.15) is 25.1 Å². The fourth-order valence-corrected chi connectivity index (χ4v) is 0.711. The third-order valence-electron chi connectivity index (χ3n) is 1.43. The van der Waals surface area contributed by atoms with Gasteiger partial charge in [-0.05, 0) is 0 Å². The van der Waals surface area contributed by atoms with Crippen LogP contribution in [0.5, 0.6) is 0 Å². The van der Waals surface area contributed by atoms with E-state index in [2.05, 4.69) is 4.74 Å². The third kappa shape index (κ3) is 3.44. The van der Waals surface area contributed by atoms with Gasteiger partial charge in [0, 0.05) is 0 Å². The van der Waals surface area contributed by atoms with Crippen molar-refractivity contribution in [2.75, 3.05) is 20.0 Å². The van der Waals surface area contributed by atoms with E-state index in [1.54, 1.807) is 0 Å². The van der Waals surface area contributed by atoms with E-state index in [-0.39, 0.29) is 0 Å². The average molecular weight is 182 g/mol. The fraction of sp³-hybridized carbons (Fsp3) is 1.00. The first-order chi connectivity index (χ1) is 5.67. The maximum absolute atomic E-state index is 9.10. The molecule has 0 aromatic heterocycles. The molecule has 3 atom stereocenters. The van der Waals surface area contributed by atoms with Crippen LogP contribution >= 0.6 is 0 Å². The minimum absolute atomic E-state index is 0.543. The van der Waals surface area contributed by atoms with Crippen LogP contribution in [-0.2, 0) is 4.74 Å². The molecular formula is C6H14O6. The molecule has 0 bridgehead atoms. The molecule has 0 aliphatic heterocycles. The molecule has 0 amide bonds. The Morgan fingerprint density at radius 3 is 1.92 bits per heavy atom. The van der Waals surface area contributed by atoms with E-state index in [9.17, 15) is 0 Å². The van der Waals surface area contributed by atoms with Crippen LogP contribution in [0.15, 0.2) is 0 Å². The van der Waals surface area contributed by atoms with Crippen LogP contribution in [0.3, 0.4) is 0 Å². The molecule has 0 spiro atoms. The van der Waals surface area contributed by atoms with Gasteiger partial charge in [-0.3, -0.25) is 0 Å². The maximum atomic E-state index is 9.10. The molecule has 0 heterocycles. The molecule has 0 aromatic rings. The van der Waals surface area contributed by atoms with Crippen molar-refractivity contribution in [3.63, 3.8) is 0 Å². The summed E-state index contributed by atoms with van der Waals surface area (Å²) in [7, 11) is 0. The highest BCUT2D eigenvalue weighted by atomic mass is 16.6. The zero-order valence-corrected chi connectivity index (χ0v) is 6.50. The van der Waals surface area contributed by atoms with Gasteiger partial charge in [0.05, 0.1) is 13.2 Å². The molecule has 0 fully saturated rings. The van der Waals surface area contributed by atoms with Gasteiger partial charge < -0.3 is 30.3 Å². The third-order valence-corrected chi connectivity index (χ3v) is 1.43. The summed E-state index contributed by atoms with van der Waals surface area (Å²) in [6.45, 7) is -1.84. The topological polar surface area (TPSA) is 110 Å². The lowest BCUT2D eigenvalue weighted by Gasteiger charge is -2.23. The minimum Gasteiger partial charge on any atom is -0.394 e. The molecule has 6 nitrogen and oxygen atoms in total. The Hall–Kier alpha value is -0.240. The second-order valence-electron chi connectivity index (χ2n) is 2.26. The number of aliphatic hydroxyl groups excluding tert-OH is 5. The Kier molecular flexibility index (Phi) is 6.17. The van der Waals surface area contributed by atoms with Crippen molar-refractivity contribution < 1.29 is 30.3 Å². The van der Waals surface area contributed by atoms with Crippen LogP contribution in [0.2, 0.25) is 0 Å². The molecule has 0 aliphatic carbocycles. The first kappa shape index (κ1) is 11.8. The van der Waals surface area contributed by atoms with Crippen molar-refractivity contribution >= 4 is 0 Å². The Balaban J connectivity index is 3.91. The molecule has 0 aromatic carbocycles. The van der Waals surface area contributed by atoms with Crippen molar-refractivity contribution in [2.24, 2.45) is 0 Å². The van der Waals surface area contributed by atoms with E-state index in [0.29, 0.717) is 0 Å². The quantitative estimate of drug-likeness (QED) is 0.280. The molecule has 0 rings (SSSR count). The van der Waals surface area contributed by atoms with Gasteiger partial charge in [0.25, 0.3) is 0 Å². The van der Waals surface area contributed by atoms with Gasteiger partial charge in [0.15, 0.2) is 0 Å². The van der Waals surface area contributed by atoms with E-state index < -0.39 is 38.3 Å². The fourth-order valence-electron chi connectivity index (χ4n) is 0.711. The molecule has 12 heavy (non-hydrogen) atoms. The zero-order valence-electron chi connectivity index (χ0n) is 6.50. The van der Waals surface area contributed by atoms with E-state index in [0.717, 1.165) is 0 Å². The Morgan fingerprint density at radius 1 is 1.00 bits per heavy atom. The zero-order chi connectivity index (χ0) is 9.56. The first-order valence-corrected chi connectivity index (χ1v) is 3.47. The summed E-state index contributed by atoms with van der Waals surface area (Å²) in [5.41, 5.74) is 0. The standard InChI is InChI=1S/C6H14O6/c7-1-4(10)6(11)5(2-8)12-3-9/h4-11H,1-3H2/t4-,5-,6+/m1/s1. The number of ether oxygens (including phenoxy) is 1. The Bertz CT molecular complexity index is 108. The molecule has 5 N–H and O–H groups in total. The molecule has 0 radical (unpaired) electrons. The van der Waals surface area contributed by atoms with Crippen LogP contribution in [0.25, 0.3) is 0 Å². The van der Waals surface area contributed by atoms with Crippen molar-refractivity contribution in [1.29, 1.82) is 0 Å². The lowest BCUT2D eigenvalue weighted by Crippen LogP contribution is -2.43. The van der Waals surface area contributed by atoms with Crippen LogP contribution < -0.4 is 0 Å². The summed E-state index contributed by atoms with van der Waals surface area (Å²) in [6.07, 6.45) is -3.88. The lowest BCUT2D eigenvalue weighted by atomic mass is 10.1. The summed E-state index contributed by atoms with van der Waals surface area (Å²) in [5.74, 6) is 0. The van der Waals surface area contributed by atoms with E-state index in [1.165, 1.54) is 0 Å². The van der Waals surface area contributed by atoms with Gasteiger partial charge >= 0.3 is 0 Å². The number of hydrogen-bond acceptors (Lipinski definition) is 6. The number of hydrogen-bond donors (Lipinski definition) is 5. The van der Waals surface area contributed by atoms with Crippen LogP contribution in [0.4, 0.5) is 0 Å². The predicted octanol–water partition coefficient (Wildman–Crippen LogP) is -2.97. The van der Waals surface area contributed by atoms with Crippen molar-refractivity contribution in [3.8, 4) is 0 Å². The van der Waals surface area contributed by atoms with E-state index in [4.69, 9.17) is 25.5 Å². The summed E-state index contributed by atoms with van der Waals surface area (Å²) < 4.78 is 4.46. The van der Waals surface area contributed by atoms with E-state index in [1.807, 2.05) is 0 Å². The average Bonchev–Trinajstić information content (AvgIpc) is 2.11. The predicted molar refractivity (Wildman–Crippen MR) is 38.1 cm³/mol. The normalized spacial score (nSPS) is 18.8. The summed E-state index contributed by atoms with van der Waals surface area (Å²) in [4.78, 5) is 0. The van der Waals surface area contributed by atoms with Crippen molar-refractivity contribution in [2.45, 2.75) is 18.3 Å². The van der Waals surface area contributed by atoms with Gasteiger partial charge in [-0.15, -0.1) is 0 Å². The van der Waals surface area contributed by atoms with Crippen LogP contribution in [0.1, 0.15) is 0 Å². The van der Waals surface area contributed by atoms with E-state index >= 15 is 0 Å². The number of aliphatic hydroxyl groups is 5. The minimum atomic E-state index is -1.41. The summed E-state index contributed by atoms with van der Waals surface area (Å²) in [6, 6.07) is 0. The summed E-state index contributed by atoms with van der Waals surface area (Å²) >= 11 is 0. The molecule has 0 unspecified atom stereocenters. The monoisotopic (exact) mass is 182 g/mol. The highest BCUT2D eigenvalue weighted by Crippen LogP contribution is 2.03. The van der Waals surface area contributed by atoms with Crippen molar-refractivity contribution in [1.82, 2.24) is 0 Å². The molecule has 0 saturated heterocycles. The molecular weight excluding hydrogens is 168 g/mol. The Labute approximate surface area is 69.6 Å². The molecule has 0 aliphatic rings. The first-order valence-electron chi connectivity index (χ1n) is 3.47.